The quantitative estimate of drug-likeness (QED) is 0.826. The Hall–Kier alpha value is -1.02. The number of rotatable bonds is 5. The Morgan fingerprint density at radius 2 is 2.06 bits per heavy atom. The van der Waals surface area contributed by atoms with E-state index in [4.69, 9.17) is 4.74 Å². The van der Waals surface area contributed by atoms with Crippen molar-refractivity contribution < 1.29 is 9.84 Å². The van der Waals surface area contributed by atoms with Crippen LogP contribution in [0.5, 0.6) is 5.75 Å². The maximum absolute atomic E-state index is 9.21. The predicted octanol–water partition coefficient (Wildman–Crippen LogP) is 3.09. The molecule has 0 amide bonds. The van der Waals surface area contributed by atoms with Crippen molar-refractivity contribution in [2.45, 2.75) is 39.2 Å². The molecule has 1 fully saturated rings. The summed E-state index contributed by atoms with van der Waals surface area (Å²) in [6, 6.07) is 6.16. The highest BCUT2D eigenvalue weighted by atomic mass is 16.5. The van der Waals surface area contributed by atoms with Crippen LogP contribution in [0.1, 0.15) is 43.7 Å². The highest BCUT2D eigenvalue weighted by Crippen LogP contribution is 2.41. The fraction of sp³-hybridized carbons (Fsp3) is 0.571. The van der Waals surface area contributed by atoms with E-state index in [0.29, 0.717) is 11.8 Å². The van der Waals surface area contributed by atoms with Crippen molar-refractivity contribution in [3.05, 3.63) is 29.3 Å². The first-order chi connectivity index (χ1) is 7.69. The minimum Gasteiger partial charge on any atom is -0.493 e. The van der Waals surface area contributed by atoms with Crippen molar-refractivity contribution in [1.29, 1.82) is 0 Å². The molecule has 0 radical (unpaired) electrons. The summed E-state index contributed by atoms with van der Waals surface area (Å²) in [6.45, 7) is 5.10. The predicted molar refractivity (Wildman–Crippen MR) is 64.7 cm³/mol. The number of hydrogen-bond acceptors (Lipinski definition) is 2. The van der Waals surface area contributed by atoms with E-state index in [9.17, 15) is 5.11 Å². The van der Waals surface area contributed by atoms with Crippen LogP contribution in [0.3, 0.4) is 0 Å². The molecule has 1 aromatic rings. The first-order valence-electron chi connectivity index (χ1n) is 6.06. The van der Waals surface area contributed by atoms with Crippen LogP contribution in [-0.4, -0.2) is 11.7 Å². The van der Waals surface area contributed by atoms with E-state index < -0.39 is 0 Å². The monoisotopic (exact) mass is 220 g/mol. The van der Waals surface area contributed by atoms with Crippen LogP contribution in [0.25, 0.3) is 0 Å². The molecule has 0 unspecified atom stereocenters. The summed E-state index contributed by atoms with van der Waals surface area (Å²) >= 11 is 0. The molecule has 1 N–H and O–H groups in total. The lowest BCUT2D eigenvalue weighted by Crippen LogP contribution is -2.05. The maximum Gasteiger partial charge on any atom is 0.119 e. The molecule has 0 atom stereocenters. The number of aliphatic hydroxyl groups is 1. The minimum absolute atomic E-state index is 0.0958. The lowest BCUT2D eigenvalue weighted by atomic mass is 10.1. The first-order valence-corrected chi connectivity index (χ1v) is 6.06. The Balaban J connectivity index is 2.12. The van der Waals surface area contributed by atoms with E-state index in [2.05, 4.69) is 26.0 Å². The van der Waals surface area contributed by atoms with E-state index in [1.165, 1.54) is 18.4 Å². The van der Waals surface area contributed by atoms with Gasteiger partial charge in [0.15, 0.2) is 0 Å². The molecule has 0 spiro atoms. The van der Waals surface area contributed by atoms with Gasteiger partial charge in [-0.15, -0.1) is 0 Å². The van der Waals surface area contributed by atoms with Gasteiger partial charge in [0.05, 0.1) is 13.2 Å². The van der Waals surface area contributed by atoms with Crippen LogP contribution < -0.4 is 4.74 Å². The Kier molecular flexibility index (Phi) is 3.49. The fourth-order valence-corrected chi connectivity index (χ4v) is 1.78. The molecular formula is C14H20O2. The fourth-order valence-electron chi connectivity index (χ4n) is 1.78. The molecule has 2 nitrogen and oxygen atoms in total. The van der Waals surface area contributed by atoms with Crippen molar-refractivity contribution in [3.63, 3.8) is 0 Å². The Bertz CT molecular complexity index is 354. The molecule has 0 aliphatic heterocycles. The average Bonchev–Trinajstić information content (AvgIpc) is 3.09. The standard InChI is InChI=1S/C14H20O2/c1-10(2)9-16-14-6-11(8-15)5-13(7-14)12-3-4-12/h5-7,10,12,15H,3-4,8-9H2,1-2H3. The van der Waals surface area contributed by atoms with Gasteiger partial charge in [-0.1, -0.05) is 19.9 Å². The van der Waals surface area contributed by atoms with Crippen molar-refractivity contribution in [2.75, 3.05) is 6.61 Å². The Labute approximate surface area is 97.3 Å². The molecule has 1 aliphatic carbocycles. The summed E-state index contributed by atoms with van der Waals surface area (Å²) in [5.41, 5.74) is 2.29. The molecule has 1 saturated carbocycles. The molecule has 0 heterocycles. The average molecular weight is 220 g/mol. The third-order valence-electron chi connectivity index (χ3n) is 2.80. The van der Waals surface area contributed by atoms with Crippen LogP contribution in [0, 0.1) is 5.92 Å². The second-order valence-corrected chi connectivity index (χ2v) is 5.05. The molecule has 1 aromatic carbocycles. The number of benzene rings is 1. The number of hydrogen-bond donors (Lipinski definition) is 1. The van der Waals surface area contributed by atoms with Gasteiger partial charge >= 0.3 is 0 Å². The van der Waals surface area contributed by atoms with Gasteiger partial charge < -0.3 is 9.84 Å². The molecule has 1 aliphatic rings. The van der Waals surface area contributed by atoms with Gasteiger partial charge in [0, 0.05) is 0 Å². The Morgan fingerprint density at radius 1 is 1.31 bits per heavy atom. The molecule has 0 bridgehead atoms. The van der Waals surface area contributed by atoms with Crippen LogP contribution in [0.15, 0.2) is 18.2 Å². The largest absolute Gasteiger partial charge is 0.493 e. The zero-order valence-corrected chi connectivity index (χ0v) is 10.1. The summed E-state index contributed by atoms with van der Waals surface area (Å²) in [4.78, 5) is 0. The van der Waals surface area contributed by atoms with Crippen LogP contribution in [-0.2, 0) is 6.61 Å². The minimum atomic E-state index is 0.0958. The van der Waals surface area contributed by atoms with Gasteiger partial charge in [0.1, 0.15) is 5.75 Å². The lowest BCUT2D eigenvalue weighted by molar-refractivity contribution is 0.265. The van der Waals surface area contributed by atoms with Crippen LogP contribution in [0.4, 0.5) is 0 Å². The second-order valence-electron chi connectivity index (χ2n) is 5.05. The highest BCUT2D eigenvalue weighted by molar-refractivity contribution is 5.37. The first kappa shape index (κ1) is 11.5. The summed E-state index contributed by atoms with van der Waals surface area (Å²) in [5.74, 6) is 2.14. The van der Waals surface area contributed by atoms with E-state index in [1.54, 1.807) is 0 Å². The van der Waals surface area contributed by atoms with Gasteiger partial charge in [-0.25, -0.2) is 0 Å². The zero-order chi connectivity index (χ0) is 11.5. The van der Waals surface area contributed by atoms with Gasteiger partial charge in [-0.3, -0.25) is 0 Å². The van der Waals surface area contributed by atoms with Crippen LogP contribution >= 0.6 is 0 Å². The summed E-state index contributed by atoms with van der Waals surface area (Å²) < 4.78 is 5.72. The van der Waals surface area contributed by atoms with Gasteiger partial charge in [0.2, 0.25) is 0 Å². The summed E-state index contributed by atoms with van der Waals surface area (Å²) in [7, 11) is 0. The van der Waals surface area contributed by atoms with Crippen molar-refractivity contribution in [2.24, 2.45) is 5.92 Å². The van der Waals surface area contributed by atoms with E-state index in [0.717, 1.165) is 17.9 Å². The molecular weight excluding hydrogens is 200 g/mol. The zero-order valence-electron chi connectivity index (χ0n) is 10.1. The van der Waals surface area contributed by atoms with Crippen LogP contribution in [0.2, 0.25) is 0 Å². The number of ether oxygens (including phenoxy) is 1. The van der Waals surface area contributed by atoms with E-state index in [-0.39, 0.29) is 6.61 Å². The molecule has 88 valence electrons. The highest BCUT2D eigenvalue weighted by Gasteiger charge is 2.24. The molecule has 2 heteroatoms. The topological polar surface area (TPSA) is 29.5 Å². The molecule has 2 rings (SSSR count). The van der Waals surface area contributed by atoms with E-state index in [1.807, 2.05) is 6.07 Å². The van der Waals surface area contributed by atoms with E-state index >= 15 is 0 Å². The lowest BCUT2D eigenvalue weighted by Gasteiger charge is -2.11. The molecule has 0 aromatic heterocycles. The van der Waals surface area contributed by atoms with Crippen molar-refractivity contribution in [1.82, 2.24) is 0 Å². The second kappa shape index (κ2) is 4.88. The van der Waals surface area contributed by atoms with Crippen molar-refractivity contribution >= 4 is 0 Å². The molecule has 0 saturated heterocycles. The summed E-state index contributed by atoms with van der Waals surface area (Å²) in [6.07, 6.45) is 2.55. The van der Waals surface area contributed by atoms with Crippen molar-refractivity contribution in [3.8, 4) is 5.75 Å². The normalized spacial score (nSPS) is 15.5. The van der Waals surface area contributed by atoms with Gasteiger partial charge in [0.25, 0.3) is 0 Å². The smallest absolute Gasteiger partial charge is 0.119 e. The maximum atomic E-state index is 9.21. The third-order valence-corrected chi connectivity index (χ3v) is 2.80. The SMILES string of the molecule is CC(C)COc1cc(CO)cc(C2CC2)c1. The van der Waals surface area contributed by atoms with Gasteiger partial charge in [-0.2, -0.15) is 0 Å². The Morgan fingerprint density at radius 3 is 2.62 bits per heavy atom. The third kappa shape index (κ3) is 2.99. The summed E-state index contributed by atoms with van der Waals surface area (Å²) in [5, 5.41) is 9.21. The molecule has 16 heavy (non-hydrogen) atoms. The number of aliphatic hydroxyl groups excluding tert-OH is 1. The van der Waals surface area contributed by atoms with Gasteiger partial charge in [-0.05, 0) is 47.9 Å².